The van der Waals surface area contributed by atoms with Crippen molar-refractivity contribution in [3.8, 4) is 22.3 Å². The van der Waals surface area contributed by atoms with Crippen LogP contribution >= 0.6 is 11.3 Å². The lowest BCUT2D eigenvalue weighted by molar-refractivity contribution is -0.140. The van der Waals surface area contributed by atoms with Crippen LogP contribution in [0.4, 0.5) is 0 Å². The smallest absolute Gasteiger partial charge is 0.271 e. The summed E-state index contributed by atoms with van der Waals surface area (Å²) in [6.07, 6.45) is 1.77. The number of aromatic nitrogens is 2. The third-order valence-corrected chi connectivity index (χ3v) is 7.87. The fourth-order valence-electron chi connectivity index (χ4n) is 4.86. The molecule has 7 heteroatoms. The zero-order valence-electron chi connectivity index (χ0n) is 20.8. The van der Waals surface area contributed by atoms with E-state index >= 15 is 0 Å². The second-order valence-corrected chi connectivity index (χ2v) is 10.1. The van der Waals surface area contributed by atoms with Crippen molar-refractivity contribution in [1.29, 1.82) is 5.26 Å². The Bertz CT molecular complexity index is 1870. The van der Waals surface area contributed by atoms with Gasteiger partial charge >= 0.3 is 0 Å². The van der Waals surface area contributed by atoms with Gasteiger partial charge in [-0.05, 0) is 60.5 Å². The minimum atomic E-state index is -0.546. The minimum absolute atomic E-state index is 0.00551. The van der Waals surface area contributed by atoms with Crippen LogP contribution in [0.15, 0.2) is 95.6 Å². The van der Waals surface area contributed by atoms with Gasteiger partial charge in [0.15, 0.2) is 5.65 Å². The van der Waals surface area contributed by atoms with Gasteiger partial charge in [0.1, 0.15) is 16.6 Å². The van der Waals surface area contributed by atoms with E-state index in [1.54, 1.807) is 31.3 Å². The highest BCUT2D eigenvalue weighted by molar-refractivity contribution is 7.21. The number of thiazole rings is 1. The third kappa shape index (κ3) is 3.74. The van der Waals surface area contributed by atoms with E-state index in [0.29, 0.717) is 11.1 Å². The highest BCUT2D eigenvalue weighted by Gasteiger charge is 2.34. The molecule has 0 atom stereocenters. The second kappa shape index (κ2) is 9.25. The van der Waals surface area contributed by atoms with Crippen molar-refractivity contribution in [2.45, 2.75) is 13.8 Å². The predicted octanol–water partition coefficient (Wildman–Crippen LogP) is 6.52. The number of para-hydroxylation sites is 1. The van der Waals surface area contributed by atoms with Gasteiger partial charge in [0, 0.05) is 29.1 Å². The van der Waals surface area contributed by atoms with E-state index in [1.165, 1.54) is 5.39 Å². The molecule has 0 saturated heterocycles. The number of carbonyl (C=O) groups is 2. The number of fused-ring (bicyclic) bond motifs is 2. The lowest BCUT2D eigenvalue weighted by Gasteiger charge is -2.26. The summed E-state index contributed by atoms with van der Waals surface area (Å²) in [6, 6.07) is 28.4. The molecule has 0 fully saturated rings. The molecule has 38 heavy (non-hydrogen) atoms. The standard InChI is InChI=1S/C31H22N4O2S/c1-3-34-30(36)25(19(2)26(18-32)31(34)37)16-24-17-27-28(35(24)23-11-5-4-6-12-23)33-29(38-27)22-14-13-20-9-7-8-10-21(20)15-22/h4-17H,3H2,1-2H3/b25-16-. The molecule has 0 spiro atoms. The molecule has 5 aromatic rings. The van der Waals surface area contributed by atoms with Crippen LogP contribution < -0.4 is 0 Å². The van der Waals surface area contributed by atoms with E-state index in [2.05, 4.69) is 30.3 Å². The average Bonchev–Trinajstić information content (AvgIpc) is 3.49. The molecule has 1 aliphatic heterocycles. The highest BCUT2D eigenvalue weighted by Crippen LogP contribution is 2.37. The number of carbonyl (C=O) groups excluding carboxylic acids is 2. The zero-order valence-corrected chi connectivity index (χ0v) is 21.6. The van der Waals surface area contributed by atoms with Crippen molar-refractivity contribution in [2.24, 2.45) is 0 Å². The molecule has 0 bridgehead atoms. The summed E-state index contributed by atoms with van der Waals surface area (Å²) in [7, 11) is 0. The van der Waals surface area contributed by atoms with E-state index in [0.717, 1.165) is 42.6 Å². The van der Waals surface area contributed by atoms with Crippen molar-refractivity contribution in [1.82, 2.24) is 14.5 Å². The molecule has 0 unspecified atom stereocenters. The number of amides is 2. The number of nitriles is 1. The predicted molar refractivity (Wildman–Crippen MR) is 151 cm³/mol. The topological polar surface area (TPSA) is 79.0 Å². The Hall–Kier alpha value is -4.80. The lowest BCUT2D eigenvalue weighted by atomic mass is 9.94. The Balaban J connectivity index is 1.55. The Kier molecular flexibility index (Phi) is 5.74. The van der Waals surface area contributed by atoms with Gasteiger partial charge in [0.25, 0.3) is 11.8 Å². The number of rotatable bonds is 4. The van der Waals surface area contributed by atoms with E-state index in [4.69, 9.17) is 4.98 Å². The first-order valence-electron chi connectivity index (χ1n) is 12.3. The number of nitrogens with zero attached hydrogens (tertiary/aromatic N) is 4. The fourth-order valence-corrected chi connectivity index (χ4v) is 5.86. The molecule has 3 aromatic carbocycles. The monoisotopic (exact) mass is 514 g/mol. The molecule has 0 aliphatic carbocycles. The fraction of sp³-hybridized carbons (Fsp3) is 0.0968. The Morgan fingerprint density at radius 3 is 2.42 bits per heavy atom. The number of benzene rings is 3. The van der Waals surface area contributed by atoms with Crippen molar-refractivity contribution >= 4 is 50.3 Å². The first kappa shape index (κ1) is 23.6. The van der Waals surface area contributed by atoms with Gasteiger partial charge in [0.2, 0.25) is 0 Å². The Morgan fingerprint density at radius 2 is 1.68 bits per heavy atom. The van der Waals surface area contributed by atoms with Gasteiger partial charge < -0.3 is 0 Å². The largest absolute Gasteiger partial charge is 0.294 e. The number of imide groups is 1. The molecular weight excluding hydrogens is 492 g/mol. The highest BCUT2D eigenvalue weighted by atomic mass is 32.1. The van der Waals surface area contributed by atoms with Crippen LogP contribution in [-0.2, 0) is 9.59 Å². The molecular formula is C31H22N4O2S. The van der Waals surface area contributed by atoms with Crippen molar-refractivity contribution in [3.05, 3.63) is 101 Å². The number of hydrogen-bond donors (Lipinski definition) is 0. The van der Waals surface area contributed by atoms with Gasteiger partial charge in [-0.3, -0.25) is 19.1 Å². The summed E-state index contributed by atoms with van der Waals surface area (Å²) in [5.74, 6) is -0.946. The van der Waals surface area contributed by atoms with Crippen LogP contribution in [0.25, 0.3) is 43.5 Å². The molecule has 3 heterocycles. The maximum atomic E-state index is 13.3. The normalized spacial score (nSPS) is 15.2. The third-order valence-electron chi connectivity index (χ3n) is 6.83. The molecule has 184 valence electrons. The van der Waals surface area contributed by atoms with Crippen molar-refractivity contribution in [3.63, 3.8) is 0 Å². The summed E-state index contributed by atoms with van der Waals surface area (Å²) >= 11 is 1.59. The molecule has 2 aromatic heterocycles. The van der Waals surface area contributed by atoms with Gasteiger partial charge in [0.05, 0.1) is 4.70 Å². The summed E-state index contributed by atoms with van der Waals surface area (Å²) in [5.41, 5.74) is 4.20. The van der Waals surface area contributed by atoms with Crippen LogP contribution in [-0.4, -0.2) is 32.8 Å². The molecule has 6 rings (SSSR count). The molecule has 0 saturated carbocycles. The average molecular weight is 515 g/mol. The number of likely N-dealkylation sites (N-methyl/N-ethyl adjacent to an activating group) is 1. The van der Waals surface area contributed by atoms with Gasteiger partial charge in [-0.2, -0.15) is 5.26 Å². The summed E-state index contributed by atoms with van der Waals surface area (Å²) in [4.78, 5) is 32.0. The van der Waals surface area contributed by atoms with Crippen LogP contribution in [0.2, 0.25) is 0 Å². The van der Waals surface area contributed by atoms with Crippen LogP contribution in [0, 0.1) is 11.3 Å². The summed E-state index contributed by atoms with van der Waals surface area (Å²) < 4.78 is 2.99. The number of hydrogen-bond acceptors (Lipinski definition) is 5. The SMILES string of the molecule is CCN1C(=O)C(C#N)=C(C)/C(=C/c2cc3sc(-c4ccc5ccccc5c4)nc3n2-c2ccccc2)C1=O. The lowest BCUT2D eigenvalue weighted by Crippen LogP contribution is -2.42. The second-order valence-electron chi connectivity index (χ2n) is 9.03. The molecule has 2 amide bonds. The van der Waals surface area contributed by atoms with Gasteiger partial charge in [-0.1, -0.05) is 54.6 Å². The van der Waals surface area contributed by atoms with Crippen LogP contribution in [0.1, 0.15) is 19.5 Å². The Morgan fingerprint density at radius 1 is 0.947 bits per heavy atom. The first-order valence-corrected chi connectivity index (χ1v) is 13.1. The quantitative estimate of drug-likeness (QED) is 0.202. The summed E-state index contributed by atoms with van der Waals surface area (Å²) in [6.45, 7) is 3.57. The van der Waals surface area contributed by atoms with Gasteiger partial charge in [-0.15, -0.1) is 11.3 Å². The molecule has 0 N–H and O–H groups in total. The maximum Gasteiger partial charge on any atom is 0.271 e. The Labute approximate surface area is 223 Å². The van der Waals surface area contributed by atoms with E-state index in [1.807, 2.05) is 59.2 Å². The van der Waals surface area contributed by atoms with E-state index in [-0.39, 0.29) is 12.1 Å². The van der Waals surface area contributed by atoms with Crippen molar-refractivity contribution < 1.29 is 9.59 Å². The molecule has 1 aliphatic rings. The van der Waals surface area contributed by atoms with Gasteiger partial charge in [-0.25, -0.2) is 4.98 Å². The van der Waals surface area contributed by atoms with E-state index < -0.39 is 11.8 Å². The van der Waals surface area contributed by atoms with Crippen molar-refractivity contribution in [2.75, 3.05) is 6.54 Å². The first-order chi connectivity index (χ1) is 18.5. The van der Waals surface area contributed by atoms with Crippen LogP contribution in [0.3, 0.4) is 0 Å². The zero-order chi connectivity index (χ0) is 26.4. The van der Waals surface area contributed by atoms with Crippen LogP contribution in [0.5, 0.6) is 0 Å². The van der Waals surface area contributed by atoms with E-state index in [9.17, 15) is 14.9 Å². The maximum absolute atomic E-state index is 13.3. The molecule has 6 nitrogen and oxygen atoms in total. The minimum Gasteiger partial charge on any atom is -0.294 e. The molecule has 0 radical (unpaired) electrons. The summed E-state index contributed by atoms with van der Waals surface area (Å²) in [5, 5.41) is 12.9.